The number of ether oxygens (including phenoxy) is 1. The molecule has 2 heterocycles. The lowest BCUT2D eigenvalue weighted by Crippen LogP contribution is -2.18. The number of fused-ring (bicyclic) bond motifs is 1. The van der Waals surface area contributed by atoms with E-state index in [-0.39, 0.29) is 44.8 Å². The predicted octanol–water partition coefficient (Wildman–Crippen LogP) is 6.22. The van der Waals surface area contributed by atoms with Crippen LogP contribution in [0.4, 0.5) is 26.3 Å². The molecule has 0 bridgehead atoms. The molecule has 6 nitrogen and oxygen atoms in total. The fourth-order valence-corrected chi connectivity index (χ4v) is 3.92. The van der Waals surface area contributed by atoms with Crippen molar-refractivity contribution in [3.63, 3.8) is 0 Å². The molecule has 0 spiro atoms. The minimum Gasteiger partial charge on any atom is -0.465 e. The maximum atomic E-state index is 14.5. The fraction of sp³-hybridized carbons (Fsp3) is 0.192. The second-order valence-electron chi connectivity index (χ2n) is 8.15. The van der Waals surface area contributed by atoms with Crippen LogP contribution in [0.1, 0.15) is 32.8 Å². The van der Waals surface area contributed by atoms with Gasteiger partial charge in [0.05, 0.1) is 29.3 Å². The zero-order chi connectivity index (χ0) is 27.8. The summed E-state index contributed by atoms with van der Waals surface area (Å²) in [6, 6.07) is 7.79. The Kier molecular flexibility index (Phi) is 7.16. The van der Waals surface area contributed by atoms with E-state index in [1.165, 1.54) is 25.2 Å². The van der Waals surface area contributed by atoms with E-state index in [9.17, 15) is 35.9 Å². The molecule has 0 atom stereocenters. The van der Waals surface area contributed by atoms with Gasteiger partial charge in [-0.05, 0) is 54.4 Å². The first-order chi connectivity index (χ1) is 17.9. The average molecular weight is 536 g/mol. The van der Waals surface area contributed by atoms with Crippen molar-refractivity contribution in [3.05, 3.63) is 76.7 Å². The third-order valence-corrected chi connectivity index (χ3v) is 5.71. The quantitative estimate of drug-likeness (QED) is 0.234. The number of rotatable bonds is 6. The topological polar surface area (TPSA) is 81.4 Å². The van der Waals surface area contributed by atoms with Crippen molar-refractivity contribution in [2.24, 2.45) is 0 Å². The normalized spacial score (nSPS) is 11.6. The summed E-state index contributed by atoms with van der Waals surface area (Å²) in [5, 5.41) is 2.47. The molecule has 0 aliphatic carbocycles. The van der Waals surface area contributed by atoms with E-state index in [0.717, 1.165) is 25.3 Å². The van der Waals surface area contributed by atoms with Gasteiger partial charge in [-0.25, -0.2) is 22.9 Å². The van der Waals surface area contributed by atoms with Crippen molar-refractivity contribution < 1.29 is 45.1 Å². The number of hydrogen-bond acceptors (Lipinski definition) is 5. The summed E-state index contributed by atoms with van der Waals surface area (Å²) in [7, 11) is 2.28. The molecular weight excluding hydrogens is 518 g/mol. The second-order valence-corrected chi connectivity index (χ2v) is 8.15. The zero-order valence-electron chi connectivity index (χ0n) is 19.8. The van der Waals surface area contributed by atoms with Gasteiger partial charge in [0.2, 0.25) is 5.71 Å². The van der Waals surface area contributed by atoms with Gasteiger partial charge < -0.3 is 14.5 Å². The van der Waals surface area contributed by atoms with E-state index in [1.54, 1.807) is 0 Å². The number of halogens is 6. The van der Waals surface area contributed by atoms with Crippen molar-refractivity contribution >= 4 is 23.0 Å². The van der Waals surface area contributed by atoms with Crippen LogP contribution in [0.5, 0.6) is 0 Å². The molecule has 0 fully saturated rings. The van der Waals surface area contributed by atoms with E-state index in [4.69, 9.17) is 4.42 Å². The first-order valence-electron chi connectivity index (χ1n) is 11.0. The number of benzene rings is 2. The van der Waals surface area contributed by atoms with Crippen molar-refractivity contribution in [2.75, 3.05) is 14.2 Å². The lowest BCUT2D eigenvalue weighted by atomic mass is 9.96. The van der Waals surface area contributed by atoms with E-state index >= 15 is 0 Å². The summed E-state index contributed by atoms with van der Waals surface area (Å²) in [4.78, 5) is 29.0. The van der Waals surface area contributed by atoms with Crippen LogP contribution in [-0.4, -0.2) is 37.2 Å². The summed E-state index contributed by atoms with van der Waals surface area (Å²) in [6.07, 6.45) is -6.56. The molecule has 2 aromatic carbocycles. The Hall–Kier alpha value is -4.35. The molecular formula is C26H18F6N2O4. The molecule has 1 amide bonds. The Labute approximate surface area is 211 Å². The Morgan fingerprint density at radius 1 is 1.03 bits per heavy atom. The number of carbonyl (C=O) groups is 2. The molecule has 12 heteroatoms. The largest absolute Gasteiger partial charge is 0.465 e. The van der Waals surface area contributed by atoms with Gasteiger partial charge in [-0.1, -0.05) is 0 Å². The van der Waals surface area contributed by atoms with Crippen LogP contribution in [0.15, 0.2) is 46.9 Å². The van der Waals surface area contributed by atoms with Gasteiger partial charge in [0, 0.05) is 24.6 Å². The molecule has 0 saturated heterocycles. The van der Waals surface area contributed by atoms with Gasteiger partial charge in [0.1, 0.15) is 11.6 Å². The number of esters is 1. The van der Waals surface area contributed by atoms with Gasteiger partial charge in [0.15, 0.2) is 11.6 Å². The summed E-state index contributed by atoms with van der Waals surface area (Å²) in [5.41, 5.74) is -1.26. The first-order valence-corrected chi connectivity index (χ1v) is 11.0. The first kappa shape index (κ1) is 26.7. The van der Waals surface area contributed by atoms with Gasteiger partial charge in [0.25, 0.3) is 5.91 Å². The van der Waals surface area contributed by atoms with E-state index in [2.05, 4.69) is 15.0 Å². The van der Waals surface area contributed by atoms with Crippen LogP contribution in [-0.2, 0) is 11.2 Å². The number of alkyl halides is 3. The van der Waals surface area contributed by atoms with Gasteiger partial charge >= 0.3 is 12.1 Å². The average Bonchev–Trinajstić information content (AvgIpc) is 3.25. The maximum absolute atomic E-state index is 14.5. The summed E-state index contributed by atoms with van der Waals surface area (Å²) >= 11 is 0. The van der Waals surface area contributed by atoms with Crippen LogP contribution in [0.3, 0.4) is 0 Å². The number of carbonyl (C=O) groups excluding carboxylic acids is 2. The number of aromatic nitrogens is 1. The lowest BCUT2D eigenvalue weighted by Gasteiger charge is -2.13. The number of hydrogen-bond donors (Lipinski definition) is 1. The molecule has 2 aromatic heterocycles. The van der Waals surface area contributed by atoms with Crippen LogP contribution >= 0.6 is 0 Å². The molecule has 38 heavy (non-hydrogen) atoms. The standard InChI is InChI=1S/C26H18F6N2O4/c1-33-23(35)20-16-11-15(13-9-17(25(36)37-2)21(29)18(28)10-13)19(7-8-26(30,31)32)34-24(16)38-22(20)12-3-5-14(27)6-4-12/h3-6,9-11H,7-8H2,1-2H3,(H,33,35). The number of furan rings is 1. The number of methoxy groups -OCH3 is 1. The van der Waals surface area contributed by atoms with E-state index in [1.807, 2.05) is 0 Å². The number of pyridine rings is 1. The van der Waals surface area contributed by atoms with Crippen molar-refractivity contribution in [1.29, 1.82) is 0 Å². The van der Waals surface area contributed by atoms with Crippen molar-refractivity contribution in [2.45, 2.75) is 19.0 Å². The number of nitrogens with one attached hydrogen (secondary N) is 1. The SMILES string of the molecule is CNC(=O)c1c(-c2ccc(F)cc2)oc2nc(CCC(F)(F)F)c(-c3cc(F)c(F)c(C(=O)OC)c3)cc12. The van der Waals surface area contributed by atoms with Crippen molar-refractivity contribution in [1.82, 2.24) is 10.3 Å². The summed E-state index contributed by atoms with van der Waals surface area (Å²) in [5.74, 6) is -5.40. The monoisotopic (exact) mass is 536 g/mol. The highest BCUT2D eigenvalue weighted by Crippen LogP contribution is 2.38. The van der Waals surface area contributed by atoms with Gasteiger partial charge in [-0.15, -0.1) is 0 Å². The van der Waals surface area contributed by atoms with Gasteiger partial charge in [-0.3, -0.25) is 4.79 Å². The Bertz CT molecular complexity index is 1540. The van der Waals surface area contributed by atoms with Crippen LogP contribution in [0.2, 0.25) is 0 Å². The maximum Gasteiger partial charge on any atom is 0.389 e. The second kappa shape index (κ2) is 10.2. The fourth-order valence-electron chi connectivity index (χ4n) is 3.92. The molecule has 0 unspecified atom stereocenters. The third kappa shape index (κ3) is 5.20. The van der Waals surface area contributed by atoms with Crippen LogP contribution in [0, 0.1) is 17.5 Å². The summed E-state index contributed by atoms with van der Waals surface area (Å²) in [6.45, 7) is 0. The molecule has 0 radical (unpaired) electrons. The number of amides is 1. The molecule has 4 aromatic rings. The smallest absolute Gasteiger partial charge is 0.389 e. The molecule has 0 aliphatic rings. The molecule has 0 saturated carbocycles. The highest BCUT2D eigenvalue weighted by atomic mass is 19.4. The van der Waals surface area contributed by atoms with E-state index < -0.39 is 53.9 Å². The molecule has 198 valence electrons. The van der Waals surface area contributed by atoms with Crippen LogP contribution in [0.25, 0.3) is 33.6 Å². The molecule has 1 N–H and O–H groups in total. The zero-order valence-corrected chi connectivity index (χ0v) is 19.8. The summed E-state index contributed by atoms with van der Waals surface area (Å²) < 4.78 is 91.7. The van der Waals surface area contributed by atoms with Crippen LogP contribution < -0.4 is 5.32 Å². The Balaban J connectivity index is 2.03. The third-order valence-electron chi connectivity index (χ3n) is 5.71. The highest BCUT2D eigenvalue weighted by molar-refractivity contribution is 6.11. The Morgan fingerprint density at radius 3 is 2.32 bits per heavy atom. The van der Waals surface area contributed by atoms with Crippen molar-refractivity contribution in [3.8, 4) is 22.5 Å². The molecule has 0 aliphatic heterocycles. The minimum absolute atomic E-state index is 0.0358. The number of aryl methyl sites for hydroxylation is 1. The number of nitrogens with zero attached hydrogens (tertiary/aromatic N) is 1. The highest BCUT2D eigenvalue weighted by Gasteiger charge is 2.30. The lowest BCUT2D eigenvalue weighted by molar-refractivity contribution is -0.134. The minimum atomic E-state index is -4.57. The van der Waals surface area contributed by atoms with Gasteiger partial charge in [-0.2, -0.15) is 13.2 Å². The predicted molar refractivity (Wildman–Crippen MR) is 124 cm³/mol. The van der Waals surface area contributed by atoms with E-state index in [0.29, 0.717) is 6.07 Å². The Morgan fingerprint density at radius 2 is 1.71 bits per heavy atom. The molecule has 4 rings (SSSR count).